The highest BCUT2D eigenvalue weighted by Crippen LogP contribution is 2.13. The fraction of sp³-hybridized carbons (Fsp3) is 0.0769. The Bertz CT molecular complexity index is 658. The van der Waals surface area contributed by atoms with Crippen molar-refractivity contribution in [1.82, 2.24) is 9.97 Å². The number of aromatic nitrogens is 2. The Morgan fingerprint density at radius 1 is 1.39 bits per heavy atom. The topological polar surface area (TPSA) is 92.7 Å². The van der Waals surface area contributed by atoms with Gasteiger partial charge in [-0.1, -0.05) is 24.3 Å². The summed E-state index contributed by atoms with van der Waals surface area (Å²) in [5, 5.41) is 8.81. The van der Waals surface area contributed by atoms with Crippen molar-refractivity contribution in [3.05, 3.63) is 53.0 Å². The lowest BCUT2D eigenvalue weighted by atomic mass is 10.0. The van der Waals surface area contributed by atoms with Gasteiger partial charge >= 0.3 is 0 Å². The van der Waals surface area contributed by atoms with E-state index in [-0.39, 0.29) is 23.0 Å². The number of carbonyl (C=O) groups excluding carboxylic acids is 1. The fourth-order valence-electron chi connectivity index (χ4n) is 1.56. The summed E-state index contributed by atoms with van der Waals surface area (Å²) in [6.45, 7) is 1.84. The highest BCUT2D eigenvalue weighted by Gasteiger charge is 2.15. The minimum atomic E-state index is -0.267. The molecule has 5 nitrogen and oxygen atoms in total. The van der Waals surface area contributed by atoms with E-state index in [1.165, 1.54) is 6.20 Å². The summed E-state index contributed by atoms with van der Waals surface area (Å²) >= 11 is 0. The Morgan fingerprint density at radius 2 is 2.11 bits per heavy atom. The lowest BCUT2D eigenvalue weighted by molar-refractivity contribution is 0.103. The van der Waals surface area contributed by atoms with Crippen molar-refractivity contribution in [3.63, 3.8) is 0 Å². The van der Waals surface area contributed by atoms with E-state index in [2.05, 4.69) is 9.97 Å². The summed E-state index contributed by atoms with van der Waals surface area (Å²) in [6.07, 6.45) is 1.28. The van der Waals surface area contributed by atoms with Gasteiger partial charge in [0.25, 0.3) is 0 Å². The predicted molar refractivity (Wildman–Crippen MR) is 65.8 cm³/mol. The molecule has 0 aliphatic rings. The average Bonchev–Trinajstić information content (AvgIpc) is 2.39. The van der Waals surface area contributed by atoms with Crippen LogP contribution < -0.4 is 5.73 Å². The summed E-state index contributed by atoms with van der Waals surface area (Å²) in [4.78, 5) is 19.9. The molecule has 0 saturated carbocycles. The molecule has 0 aliphatic carbocycles. The summed E-state index contributed by atoms with van der Waals surface area (Å²) in [7, 11) is 0. The standard InChI is InChI=1S/C13H10N4O/c1-8-4-2-3-5-9(8)12(18)11-7-16-13(15)10(6-14)17-11/h2-5,7H,1H3,(H2,15,16). The molecule has 0 radical (unpaired) electrons. The number of nitrogens with zero attached hydrogens (tertiary/aromatic N) is 3. The van der Waals surface area contributed by atoms with Crippen molar-refractivity contribution in [2.45, 2.75) is 6.92 Å². The van der Waals surface area contributed by atoms with Gasteiger partial charge in [-0.25, -0.2) is 9.97 Å². The molecule has 0 fully saturated rings. The molecule has 88 valence electrons. The third-order valence-corrected chi connectivity index (χ3v) is 2.53. The van der Waals surface area contributed by atoms with Crippen molar-refractivity contribution in [3.8, 4) is 6.07 Å². The Labute approximate surface area is 104 Å². The molecule has 0 aliphatic heterocycles. The van der Waals surface area contributed by atoms with E-state index in [1.807, 2.05) is 19.1 Å². The van der Waals surface area contributed by atoms with Gasteiger partial charge in [0.15, 0.2) is 11.5 Å². The third-order valence-electron chi connectivity index (χ3n) is 2.53. The van der Waals surface area contributed by atoms with Crippen LogP contribution in [-0.2, 0) is 0 Å². The fourth-order valence-corrected chi connectivity index (χ4v) is 1.56. The number of nitriles is 1. The molecule has 1 aromatic heterocycles. The van der Waals surface area contributed by atoms with Crippen LogP contribution in [0.5, 0.6) is 0 Å². The second-order valence-electron chi connectivity index (χ2n) is 3.74. The SMILES string of the molecule is Cc1ccccc1C(=O)c1cnc(N)c(C#N)n1. The lowest BCUT2D eigenvalue weighted by Gasteiger charge is -2.04. The van der Waals surface area contributed by atoms with Crippen LogP contribution in [0.25, 0.3) is 0 Å². The zero-order valence-electron chi connectivity index (χ0n) is 9.71. The van der Waals surface area contributed by atoms with Crippen molar-refractivity contribution < 1.29 is 4.79 Å². The number of hydrogen-bond donors (Lipinski definition) is 1. The van der Waals surface area contributed by atoms with Gasteiger partial charge in [0.1, 0.15) is 11.8 Å². The van der Waals surface area contributed by atoms with E-state index in [1.54, 1.807) is 18.2 Å². The summed E-state index contributed by atoms with van der Waals surface area (Å²) < 4.78 is 0. The molecule has 0 spiro atoms. The summed E-state index contributed by atoms with van der Waals surface area (Å²) in [5.41, 5.74) is 6.94. The number of aryl methyl sites for hydroxylation is 1. The second-order valence-corrected chi connectivity index (χ2v) is 3.74. The van der Waals surface area contributed by atoms with Crippen molar-refractivity contribution in [1.29, 1.82) is 5.26 Å². The van der Waals surface area contributed by atoms with E-state index in [4.69, 9.17) is 11.0 Å². The Balaban J connectivity index is 2.48. The predicted octanol–water partition coefficient (Wildman–Crippen LogP) is 1.47. The number of nitrogen functional groups attached to an aromatic ring is 1. The number of benzene rings is 1. The maximum Gasteiger partial charge on any atom is 0.213 e. The molecule has 5 heteroatoms. The van der Waals surface area contributed by atoms with Crippen molar-refractivity contribution in [2.75, 3.05) is 5.73 Å². The molecule has 0 unspecified atom stereocenters. The molecular weight excluding hydrogens is 228 g/mol. The zero-order valence-corrected chi connectivity index (χ0v) is 9.71. The van der Waals surface area contributed by atoms with Crippen LogP contribution in [-0.4, -0.2) is 15.8 Å². The molecule has 0 saturated heterocycles. The molecule has 1 heterocycles. The lowest BCUT2D eigenvalue weighted by Crippen LogP contribution is -2.09. The van der Waals surface area contributed by atoms with E-state index in [0.29, 0.717) is 5.56 Å². The van der Waals surface area contributed by atoms with Crippen LogP contribution in [0.4, 0.5) is 5.82 Å². The van der Waals surface area contributed by atoms with Crippen LogP contribution in [0.3, 0.4) is 0 Å². The van der Waals surface area contributed by atoms with Gasteiger partial charge in [0, 0.05) is 5.56 Å². The highest BCUT2D eigenvalue weighted by atomic mass is 16.1. The summed E-state index contributed by atoms with van der Waals surface area (Å²) in [5.74, 6) is -0.240. The number of carbonyl (C=O) groups is 1. The molecule has 18 heavy (non-hydrogen) atoms. The largest absolute Gasteiger partial charge is 0.381 e. The first kappa shape index (κ1) is 11.7. The van der Waals surface area contributed by atoms with Gasteiger partial charge in [0.05, 0.1) is 6.20 Å². The molecule has 0 bridgehead atoms. The number of anilines is 1. The van der Waals surface area contributed by atoms with Gasteiger partial charge in [-0.15, -0.1) is 0 Å². The molecule has 1 aromatic carbocycles. The maximum absolute atomic E-state index is 12.2. The zero-order chi connectivity index (χ0) is 13.1. The van der Waals surface area contributed by atoms with Gasteiger partial charge in [-0.2, -0.15) is 5.26 Å². The Hall–Kier alpha value is -2.74. The quantitative estimate of drug-likeness (QED) is 0.799. The number of rotatable bonds is 2. The third kappa shape index (κ3) is 2.04. The Kier molecular flexibility index (Phi) is 3.02. The second kappa shape index (κ2) is 4.63. The molecule has 0 atom stereocenters. The smallest absolute Gasteiger partial charge is 0.213 e. The summed E-state index contributed by atoms with van der Waals surface area (Å²) in [6, 6.07) is 8.97. The van der Waals surface area contributed by atoms with Crippen LogP contribution in [0.2, 0.25) is 0 Å². The minimum Gasteiger partial charge on any atom is -0.381 e. The van der Waals surface area contributed by atoms with Gasteiger partial charge < -0.3 is 5.73 Å². The van der Waals surface area contributed by atoms with E-state index in [0.717, 1.165) is 5.56 Å². The number of hydrogen-bond acceptors (Lipinski definition) is 5. The first-order valence-electron chi connectivity index (χ1n) is 5.26. The monoisotopic (exact) mass is 238 g/mol. The molecule has 2 aromatic rings. The Morgan fingerprint density at radius 3 is 2.78 bits per heavy atom. The van der Waals surface area contributed by atoms with E-state index in [9.17, 15) is 4.79 Å². The van der Waals surface area contributed by atoms with Crippen LogP contribution >= 0.6 is 0 Å². The van der Waals surface area contributed by atoms with Crippen LogP contribution in [0.1, 0.15) is 27.3 Å². The molecule has 0 amide bonds. The first-order chi connectivity index (χ1) is 8.63. The number of nitrogens with two attached hydrogens (primary N) is 1. The first-order valence-corrected chi connectivity index (χ1v) is 5.26. The molecular formula is C13H10N4O. The normalized spacial score (nSPS) is 9.78. The van der Waals surface area contributed by atoms with E-state index < -0.39 is 0 Å². The van der Waals surface area contributed by atoms with Crippen molar-refractivity contribution in [2.24, 2.45) is 0 Å². The maximum atomic E-state index is 12.2. The van der Waals surface area contributed by atoms with Gasteiger partial charge in [-0.3, -0.25) is 4.79 Å². The number of ketones is 1. The van der Waals surface area contributed by atoms with E-state index >= 15 is 0 Å². The van der Waals surface area contributed by atoms with Gasteiger partial charge in [-0.05, 0) is 12.5 Å². The van der Waals surface area contributed by atoms with Crippen LogP contribution in [0.15, 0.2) is 30.5 Å². The van der Waals surface area contributed by atoms with Crippen LogP contribution in [0, 0.1) is 18.3 Å². The molecule has 2 rings (SSSR count). The molecule has 2 N–H and O–H groups in total. The highest BCUT2D eigenvalue weighted by molar-refractivity contribution is 6.08. The average molecular weight is 238 g/mol. The van der Waals surface area contributed by atoms with Crippen molar-refractivity contribution >= 4 is 11.6 Å². The minimum absolute atomic E-state index is 0.0267. The van der Waals surface area contributed by atoms with Gasteiger partial charge in [0.2, 0.25) is 5.78 Å².